The number of carbonyl (C=O) groups is 2. The van der Waals surface area contributed by atoms with Gasteiger partial charge >= 0.3 is 12.1 Å². The van der Waals surface area contributed by atoms with Crippen molar-refractivity contribution in [2.45, 2.75) is 26.1 Å². The van der Waals surface area contributed by atoms with Gasteiger partial charge in [-0.3, -0.25) is 4.79 Å². The van der Waals surface area contributed by atoms with Crippen molar-refractivity contribution in [2.24, 2.45) is 0 Å². The van der Waals surface area contributed by atoms with Crippen molar-refractivity contribution >= 4 is 17.6 Å². The highest BCUT2D eigenvalue weighted by Gasteiger charge is 2.30. The molecular formula is C18H16F3NO3. The molecule has 1 amide bonds. The van der Waals surface area contributed by atoms with Crippen LogP contribution >= 0.6 is 0 Å². The van der Waals surface area contributed by atoms with Crippen LogP contribution in [0.3, 0.4) is 0 Å². The molecule has 132 valence electrons. The van der Waals surface area contributed by atoms with E-state index in [-0.39, 0.29) is 5.56 Å². The van der Waals surface area contributed by atoms with Crippen LogP contribution in [0.1, 0.15) is 28.4 Å². The van der Waals surface area contributed by atoms with Crippen LogP contribution in [0.4, 0.5) is 18.9 Å². The van der Waals surface area contributed by atoms with Gasteiger partial charge < -0.3 is 10.1 Å². The van der Waals surface area contributed by atoms with Crippen LogP contribution in [0.25, 0.3) is 0 Å². The Bertz CT molecular complexity index is 753. The third-order valence-corrected chi connectivity index (χ3v) is 3.42. The monoisotopic (exact) mass is 351 g/mol. The highest BCUT2D eigenvalue weighted by Crippen LogP contribution is 2.29. The van der Waals surface area contributed by atoms with Crippen LogP contribution in [0, 0.1) is 6.92 Å². The summed E-state index contributed by atoms with van der Waals surface area (Å²) < 4.78 is 42.5. The summed E-state index contributed by atoms with van der Waals surface area (Å²) in [5, 5.41) is 2.59. The average molecular weight is 351 g/mol. The van der Waals surface area contributed by atoms with E-state index < -0.39 is 29.7 Å². The van der Waals surface area contributed by atoms with Crippen LogP contribution in [0.2, 0.25) is 0 Å². The largest absolute Gasteiger partial charge is 0.449 e. The molecule has 0 fully saturated rings. The number of rotatable bonds is 4. The van der Waals surface area contributed by atoms with Gasteiger partial charge in [-0.15, -0.1) is 0 Å². The van der Waals surface area contributed by atoms with Crippen molar-refractivity contribution in [2.75, 3.05) is 5.32 Å². The first-order chi connectivity index (χ1) is 11.7. The number of esters is 1. The molecule has 0 unspecified atom stereocenters. The Hall–Kier alpha value is -2.83. The van der Waals surface area contributed by atoms with Gasteiger partial charge in [0.25, 0.3) is 5.91 Å². The first kappa shape index (κ1) is 18.5. The number of halogens is 3. The predicted octanol–water partition coefficient (Wildman–Crippen LogP) is 4.20. The van der Waals surface area contributed by atoms with Crippen molar-refractivity contribution in [1.29, 1.82) is 0 Å². The number of benzene rings is 2. The number of nitrogens with one attached hydrogen (secondary N) is 1. The third-order valence-electron chi connectivity index (χ3n) is 3.42. The summed E-state index contributed by atoms with van der Waals surface area (Å²) in [5.74, 6) is -1.41. The molecule has 0 saturated carbocycles. The average Bonchev–Trinajstić information content (AvgIpc) is 2.56. The van der Waals surface area contributed by atoms with E-state index in [9.17, 15) is 22.8 Å². The standard InChI is InChI=1S/C18H16F3NO3/c1-11-3-9-15(10-4-11)22-16(23)12(2)25-17(24)13-5-7-14(8-6-13)18(19,20)21/h3-10,12H,1-2H3,(H,22,23)/t12-/m1/s1. The summed E-state index contributed by atoms with van der Waals surface area (Å²) >= 11 is 0. The fraction of sp³-hybridized carbons (Fsp3) is 0.222. The third kappa shape index (κ3) is 5.07. The number of carbonyl (C=O) groups excluding carboxylic acids is 2. The van der Waals surface area contributed by atoms with E-state index in [2.05, 4.69) is 5.32 Å². The number of alkyl halides is 3. The molecule has 25 heavy (non-hydrogen) atoms. The Morgan fingerprint density at radius 1 is 1.00 bits per heavy atom. The lowest BCUT2D eigenvalue weighted by Gasteiger charge is -2.14. The van der Waals surface area contributed by atoms with Crippen LogP contribution in [0.15, 0.2) is 48.5 Å². The van der Waals surface area contributed by atoms with Crippen molar-refractivity contribution in [3.63, 3.8) is 0 Å². The Morgan fingerprint density at radius 2 is 1.56 bits per heavy atom. The van der Waals surface area contributed by atoms with E-state index in [0.717, 1.165) is 29.8 Å². The fourth-order valence-corrected chi connectivity index (χ4v) is 1.96. The van der Waals surface area contributed by atoms with Crippen molar-refractivity contribution in [3.05, 3.63) is 65.2 Å². The molecule has 2 aromatic carbocycles. The Morgan fingerprint density at radius 3 is 2.08 bits per heavy atom. The van der Waals surface area contributed by atoms with Crippen molar-refractivity contribution < 1.29 is 27.5 Å². The van der Waals surface area contributed by atoms with Crippen LogP contribution < -0.4 is 5.32 Å². The molecule has 4 nitrogen and oxygen atoms in total. The maximum Gasteiger partial charge on any atom is 0.416 e. The van der Waals surface area contributed by atoms with Crippen LogP contribution in [-0.2, 0) is 15.7 Å². The maximum atomic E-state index is 12.5. The lowest BCUT2D eigenvalue weighted by atomic mass is 10.1. The highest BCUT2D eigenvalue weighted by molar-refractivity contribution is 5.97. The maximum absolute atomic E-state index is 12.5. The number of amides is 1. The van der Waals surface area contributed by atoms with Gasteiger partial charge in [-0.25, -0.2) is 4.79 Å². The minimum atomic E-state index is -4.48. The minimum Gasteiger partial charge on any atom is -0.449 e. The molecule has 1 N–H and O–H groups in total. The summed E-state index contributed by atoms with van der Waals surface area (Å²) in [6, 6.07) is 10.6. The van der Waals surface area contributed by atoms with Crippen LogP contribution in [-0.4, -0.2) is 18.0 Å². The zero-order valence-corrected chi connectivity index (χ0v) is 13.6. The van der Waals surface area contributed by atoms with Crippen LogP contribution in [0.5, 0.6) is 0 Å². The summed E-state index contributed by atoms with van der Waals surface area (Å²) in [4.78, 5) is 23.9. The van der Waals surface area contributed by atoms with E-state index in [4.69, 9.17) is 4.74 Å². The molecule has 0 radical (unpaired) electrons. The molecule has 7 heteroatoms. The zero-order valence-electron chi connectivity index (χ0n) is 13.6. The fourth-order valence-electron chi connectivity index (χ4n) is 1.96. The summed E-state index contributed by atoms with van der Waals surface area (Å²) in [5.41, 5.74) is 0.644. The molecule has 0 aliphatic heterocycles. The minimum absolute atomic E-state index is 0.0667. The SMILES string of the molecule is Cc1ccc(NC(=O)[C@@H](C)OC(=O)c2ccc(C(F)(F)F)cc2)cc1. The Labute approximate surface area is 142 Å². The number of anilines is 1. The number of hydrogen-bond acceptors (Lipinski definition) is 3. The van der Waals surface area contributed by atoms with Crippen molar-refractivity contribution in [3.8, 4) is 0 Å². The molecule has 0 spiro atoms. The topological polar surface area (TPSA) is 55.4 Å². The summed E-state index contributed by atoms with van der Waals surface area (Å²) in [7, 11) is 0. The van der Waals surface area contributed by atoms with Gasteiger partial charge in [-0.2, -0.15) is 13.2 Å². The van der Waals surface area contributed by atoms with Gasteiger partial charge in [-0.1, -0.05) is 17.7 Å². The second-order valence-corrected chi connectivity index (χ2v) is 5.48. The molecule has 2 rings (SSSR count). The van der Waals surface area contributed by atoms with E-state index in [0.29, 0.717) is 5.69 Å². The smallest absolute Gasteiger partial charge is 0.416 e. The van der Waals surface area contributed by atoms with Gasteiger partial charge in [0, 0.05) is 5.69 Å². The molecule has 0 bridgehead atoms. The second-order valence-electron chi connectivity index (χ2n) is 5.48. The predicted molar refractivity (Wildman–Crippen MR) is 86.1 cm³/mol. The molecule has 0 aliphatic rings. The number of ether oxygens (including phenoxy) is 1. The normalized spacial score (nSPS) is 12.4. The lowest BCUT2D eigenvalue weighted by Crippen LogP contribution is -2.30. The first-order valence-electron chi connectivity index (χ1n) is 7.42. The van der Waals surface area contributed by atoms with Gasteiger partial charge in [0.2, 0.25) is 0 Å². The zero-order chi connectivity index (χ0) is 18.6. The Kier molecular flexibility index (Phi) is 5.46. The van der Waals surface area contributed by atoms with Crippen molar-refractivity contribution in [1.82, 2.24) is 0 Å². The number of aryl methyl sites for hydroxylation is 1. The second kappa shape index (κ2) is 7.38. The first-order valence-corrected chi connectivity index (χ1v) is 7.42. The molecular weight excluding hydrogens is 335 g/mol. The molecule has 0 saturated heterocycles. The van der Waals surface area contributed by atoms with Gasteiger partial charge in [-0.05, 0) is 50.2 Å². The van der Waals surface area contributed by atoms with Gasteiger partial charge in [0.05, 0.1) is 11.1 Å². The summed E-state index contributed by atoms with van der Waals surface area (Å²) in [6.45, 7) is 3.28. The van der Waals surface area contributed by atoms with E-state index in [1.165, 1.54) is 6.92 Å². The Balaban J connectivity index is 1.97. The van der Waals surface area contributed by atoms with Gasteiger partial charge in [0.1, 0.15) is 0 Å². The summed E-state index contributed by atoms with van der Waals surface area (Å²) in [6.07, 6.45) is -5.58. The lowest BCUT2D eigenvalue weighted by molar-refractivity contribution is -0.137. The molecule has 0 heterocycles. The molecule has 1 atom stereocenters. The number of hydrogen-bond donors (Lipinski definition) is 1. The highest BCUT2D eigenvalue weighted by atomic mass is 19.4. The van der Waals surface area contributed by atoms with E-state index >= 15 is 0 Å². The quantitative estimate of drug-likeness (QED) is 0.840. The van der Waals surface area contributed by atoms with E-state index in [1.807, 2.05) is 19.1 Å². The molecule has 0 aliphatic carbocycles. The van der Waals surface area contributed by atoms with E-state index in [1.54, 1.807) is 12.1 Å². The molecule has 2 aromatic rings. The van der Waals surface area contributed by atoms with Gasteiger partial charge in [0.15, 0.2) is 6.10 Å². The molecule has 0 aromatic heterocycles.